The van der Waals surface area contributed by atoms with Gasteiger partial charge in [0.15, 0.2) is 17.3 Å². The lowest BCUT2D eigenvalue weighted by Crippen LogP contribution is -2.46. The number of rotatable bonds is 3. The molecular formula is C22H26N4O3. The minimum atomic E-state index is 0.191. The van der Waals surface area contributed by atoms with Crippen molar-refractivity contribution in [2.75, 3.05) is 37.9 Å². The second kappa shape index (κ2) is 7.30. The van der Waals surface area contributed by atoms with Crippen molar-refractivity contribution in [2.45, 2.75) is 33.2 Å². The molecule has 1 aromatic heterocycles. The van der Waals surface area contributed by atoms with Gasteiger partial charge in [0, 0.05) is 39.1 Å². The molecular weight excluding hydrogens is 368 g/mol. The van der Waals surface area contributed by atoms with Crippen molar-refractivity contribution >= 4 is 11.7 Å². The number of nitrogens with zero attached hydrogens (tertiary/aromatic N) is 4. The fraction of sp³-hybridized carbons (Fsp3) is 0.500. The van der Waals surface area contributed by atoms with E-state index in [4.69, 9.17) is 14.5 Å². The van der Waals surface area contributed by atoms with Gasteiger partial charge in [0.2, 0.25) is 12.7 Å². The number of anilines is 1. The lowest BCUT2D eigenvalue weighted by molar-refractivity contribution is 0.0951. The molecule has 29 heavy (non-hydrogen) atoms. The van der Waals surface area contributed by atoms with Crippen LogP contribution < -0.4 is 14.4 Å². The molecule has 0 spiro atoms. The number of hydrogen-bond donors (Lipinski definition) is 0. The molecule has 0 radical (unpaired) electrons. The van der Waals surface area contributed by atoms with Gasteiger partial charge < -0.3 is 14.4 Å². The maximum Gasteiger partial charge on any atom is 0.231 e. The fourth-order valence-electron chi connectivity index (χ4n) is 4.49. The molecule has 1 atom stereocenters. The second-order valence-electron chi connectivity index (χ2n) is 8.32. The molecule has 2 aromatic rings. The van der Waals surface area contributed by atoms with Crippen LogP contribution in [0, 0.1) is 12.8 Å². The maximum atomic E-state index is 12.4. The molecule has 3 aliphatic rings. The number of carbonyl (C=O) groups is 1. The molecule has 0 amide bonds. The minimum absolute atomic E-state index is 0.191. The highest BCUT2D eigenvalue weighted by molar-refractivity contribution is 5.99. The standard InChI is InChI=1S/C22H26N4O3/c1-14-9-17-21(18(27)10-14)15(2)23-22(24-17)26-7-5-25(6-8-26)12-16-3-4-19-20(11-16)29-13-28-19/h3-4,11,14H,5-10,12-13H2,1-2H3. The third-order valence-corrected chi connectivity index (χ3v) is 6.01. The summed E-state index contributed by atoms with van der Waals surface area (Å²) >= 11 is 0. The van der Waals surface area contributed by atoms with Crippen molar-refractivity contribution in [3.8, 4) is 11.5 Å². The van der Waals surface area contributed by atoms with Gasteiger partial charge in [0.1, 0.15) is 0 Å². The highest BCUT2D eigenvalue weighted by Gasteiger charge is 2.28. The van der Waals surface area contributed by atoms with Crippen LogP contribution in [0.2, 0.25) is 0 Å². The number of Topliss-reactive ketones (excluding diaryl/α,β-unsaturated/α-hetero) is 1. The van der Waals surface area contributed by atoms with E-state index in [0.29, 0.717) is 19.1 Å². The molecule has 1 fully saturated rings. The number of fused-ring (bicyclic) bond motifs is 2. The molecule has 1 unspecified atom stereocenters. The number of ketones is 1. The predicted octanol–water partition coefficient (Wildman–Crippen LogP) is 2.60. The first-order chi connectivity index (χ1) is 14.1. The van der Waals surface area contributed by atoms with Gasteiger partial charge in [0.25, 0.3) is 0 Å². The third kappa shape index (κ3) is 3.55. The van der Waals surface area contributed by atoms with Crippen molar-refractivity contribution in [1.82, 2.24) is 14.9 Å². The highest BCUT2D eigenvalue weighted by atomic mass is 16.7. The van der Waals surface area contributed by atoms with E-state index in [-0.39, 0.29) is 5.78 Å². The summed E-state index contributed by atoms with van der Waals surface area (Å²) in [4.78, 5) is 26.5. The monoisotopic (exact) mass is 394 g/mol. The number of aryl methyl sites for hydroxylation is 1. The van der Waals surface area contributed by atoms with Crippen molar-refractivity contribution < 1.29 is 14.3 Å². The van der Waals surface area contributed by atoms with Crippen LogP contribution in [0.1, 0.15) is 40.7 Å². The van der Waals surface area contributed by atoms with Crippen LogP contribution in [0.5, 0.6) is 11.5 Å². The molecule has 1 aromatic carbocycles. The predicted molar refractivity (Wildman–Crippen MR) is 109 cm³/mol. The summed E-state index contributed by atoms with van der Waals surface area (Å²) in [6.45, 7) is 8.91. The Kier molecular flexibility index (Phi) is 4.62. The minimum Gasteiger partial charge on any atom is -0.454 e. The third-order valence-electron chi connectivity index (χ3n) is 6.01. The normalized spacial score (nSPS) is 21.4. The largest absolute Gasteiger partial charge is 0.454 e. The average molecular weight is 394 g/mol. The summed E-state index contributed by atoms with van der Waals surface area (Å²) in [7, 11) is 0. The number of ether oxygens (including phenoxy) is 2. The molecule has 5 rings (SSSR count). The van der Waals surface area contributed by atoms with Gasteiger partial charge in [-0.25, -0.2) is 9.97 Å². The summed E-state index contributed by atoms with van der Waals surface area (Å²) in [6.07, 6.45) is 1.47. The first kappa shape index (κ1) is 18.4. The molecule has 1 aliphatic carbocycles. The van der Waals surface area contributed by atoms with E-state index in [0.717, 1.165) is 73.5 Å². The van der Waals surface area contributed by atoms with Crippen molar-refractivity contribution in [1.29, 1.82) is 0 Å². The van der Waals surface area contributed by atoms with E-state index in [9.17, 15) is 4.79 Å². The van der Waals surface area contributed by atoms with Crippen LogP contribution in [-0.2, 0) is 13.0 Å². The van der Waals surface area contributed by atoms with E-state index in [2.05, 4.69) is 33.8 Å². The van der Waals surface area contributed by atoms with E-state index in [1.807, 2.05) is 13.0 Å². The first-order valence-electron chi connectivity index (χ1n) is 10.3. The Hall–Kier alpha value is -2.67. The van der Waals surface area contributed by atoms with Crippen molar-refractivity contribution in [3.63, 3.8) is 0 Å². The van der Waals surface area contributed by atoms with Crippen LogP contribution in [0.25, 0.3) is 0 Å². The molecule has 0 N–H and O–H groups in total. The van der Waals surface area contributed by atoms with Gasteiger partial charge in [0.05, 0.1) is 17.0 Å². The van der Waals surface area contributed by atoms with Crippen LogP contribution in [-0.4, -0.2) is 53.6 Å². The topological polar surface area (TPSA) is 67.8 Å². The SMILES string of the molecule is Cc1nc(N2CCN(Cc3ccc4c(c3)OCO4)CC2)nc2c1C(=O)CC(C)C2. The van der Waals surface area contributed by atoms with E-state index in [1.54, 1.807) is 0 Å². The average Bonchev–Trinajstić information content (AvgIpc) is 3.15. The van der Waals surface area contributed by atoms with Gasteiger partial charge in [-0.3, -0.25) is 9.69 Å². The molecule has 7 heteroatoms. The van der Waals surface area contributed by atoms with E-state index in [1.165, 1.54) is 5.56 Å². The Morgan fingerprint density at radius 3 is 2.69 bits per heavy atom. The maximum absolute atomic E-state index is 12.4. The molecule has 0 saturated carbocycles. The van der Waals surface area contributed by atoms with Crippen LogP contribution >= 0.6 is 0 Å². The van der Waals surface area contributed by atoms with Crippen LogP contribution in [0.15, 0.2) is 18.2 Å². The highest BCUT2D eigenvalue weighted by Crippen LogP contribution is 2.33. The van der Waals surface area contributed by atoms with Crippen molar-refractivity contribution in [3.05, 3.63) is 40.7 Å². The van der Waals surface area contributed by atoms with E-state index < -0.39 is 0 Å². The van der Waals surface area contributed by atoms with Crippen LogP contribution in [0.3, 0.4) is 0 Å². The zero-order valence-electron chi connectivity index (χ0n) is 17.0. The number of carbonyl (C=O) groups excluding carboxylic acids is 1. The second-order valence-corrected chi connectivity index (χ2v) is 8.32. The van der Waals surface area contributed by atoms with E-state index >= 15 is 0 Å². The lowest BCUT2D eigenvalue weighted by Gasteiger charge is -2.35. The summed E-state index contributed by atoms with van der Waals surface area (Å²) < 4.78 is 10.9. The van der Waals surface area contributed by atoms with Gasteiger partial charge in [-0.2, -0.15) is 0 Å². The summed E-state index contributed by atoms with van der Waals surface area (Å²) in [5, 5.41) is 0. The Morgan fingerprint density at radius 1 is 1.07 bits per heavy atom. The molecule has 7 nitrogen and oxygen atoms in total. The van der Waals surface area contributed by atoms with Crippen LogP contribution in [0.4, 0.5) is 5.95 Å². The zero-order chi connectivity index (χ0) is 20.0. The number of hydrogen-bond acceptors (Lipinski definition) is 7. The fourth-order valence-corrected chi connectivity index (χ4v) is 4.49. The van der Waals surface area contributed by atoms with Gasteiger partial charge in [-0.05, 0) is 37.0 Å². The molecule has 2 aliphatic heterocycles. The summed E-state index contributed by atoms with van der Waals surface area (Å²) in [5.74, 6) is 2.98. The summed E-state index contributed by atoms with van der Waals surface area (Å²) in [5.41, 5.74) is 3.74. The molecule has 3 heterocycles. The Bertz CT molecular complexity index is 953. The Morgan fingerprint density at radius 2 is 1.86 bits per heavy atom. The Balaban J connectivity index is 1.26. The molecule has 152 valence electrons. The van der Waals surface area contributed by atoms with Gasteiger partial charge in [-0.1, -0.05) is 13.0 Å². The molecule has 1 saturated heterocycles. The van der Waals surface area contributed by atoms with Crippen molar-refractivity contribution in [2.24, 2.45) is 5.92 Å². The zero-order valence-corrected chi connectivity index (χ0v) is 17.0. The Labute approximate surface area is 170 Å². The number of aromatic nitrogens is 2. The van der Waals surface area contributed by atoms with Gasteiger partial charge in [-0.15, -0.1) is 0 Å². The van der Waals surface area contributed by atoms with Gasteiger partial charge >= 0.3 is 0 Å². The first-order valence-corrected chi connectivity index (χ1v) is 10.3. The summed E-state index contributed by atoms with van der Waals surface area (Å²) in [6, 6.07) is 6.16. The number of piperazine rings is 1. The quantitative estimate of drug-likeness (QED) is 0.793. The lowest BCUT2D eigenvalue weighted by atomic mass is 9.86. The smallest absolute Gasteiger partial charge is 0.231 e. The molecule has 0 bridgehead atoms. The number of benzene rings is 1.